The molecule has 1 aromatic carbocycles. The van der Waals surface area contributed by atoms with Gasteiger partial charge in [0.05, 0.1) is 23.6 Å². The van der Waals surface area contributed by atoms with Crippen molar-refractivity contribution in [3.05, 3.63) is 56.5 Å². The molecule has 0 aliphatic rings. The van der Waals surface area contributed by atoms with Crippen molar-refractivity contribution in [3.8, 4) is 0 Å². The summed E-state index contributed by atoms with van der Waals surface area (Å²) in [5, 5.41) is 3.36. The molecule has 2 rings (SSSR count). The first-order valence-corrected chi connectivity index (χ1v) is 7.39. The molecule has 0 fully saturated rings. The molecule has 19 heavy (non-hydrogen) atoms. The lowest BCUT2D eigenvalue weighted by atomic mass is 10.2. The molecule has 1 atom stereocenters. The van der Waals surface area contributed by atoms with E-state index < -0.39 is 0 Å². The quantitative estimate of drug-likeness (QED) is 0.780. The summed E-state index contributed by atoms with van der Waals surface area (Å²) >= 11 is 7.08. The van der Waals surface area contributed by atoms with Gasteiger partial charge in [0.15, 0.2) is 0 Å². The molecule has 0 aliphatic heterocycles. The average Bonchev–Trinajstić information content (AvgIpc) is 2.34. The van der Waals surface area contributed by atoms with Crippen LogP contribution in [0.5, 0.6) is 0 Å². The number of hydrogen-bond donors (Lipinski definition) is 1. The Hall–Kier alpha value is -0.940. The van der Waals surface area contributed by atoms with Gasteiger partial charge < -0.3 is 5.32 Å². The van der Waals surface area contributed by atoms with E-state index in [1.807, 2.05) is 26.0 Å². The third-order valence-electron chi connectivity index (χ3n) is 2.74. The maximum atomic E-state index is 12.9. The second-order valence-electron chi connectivity index (χ2n) is 4.37. The van der Waals surface area contributed by atoms with Gasteiger partial charge in [0, 0.05) is 8.95 Å². The summed E-state index contributed by atoms with van der Waals surface area (Å²) in [6, 6.07) is 7.16. The largest absolute Gasteiger partial charge is 0.375 e. The molecular weight excluding hydrogens is 375 g/mol. The standard InChI is InChI=1S/C14H13Br2FN2/c1-8-5-11(15)14(12(16)6-8)19-9(2)13-4-3-10(17)7-18-13/h3-7,9,19H,1-2H3. The molecule has 100 valence electrons. The number of halogens is 3. The minimum atomic E-state index is -0.325. The zero-order valence-corrected chi connectivity index (χ0v) is 13.7. The van der Waals surface area contributed by atoms with E-state index >= 15 is 0 Å². The Kier molecular flexibility index (Phi) is 4.58. The van der Waals surface area contributed by atoms with Gasteiger partial charge in [-0.3, -0.25) is 4.98 Å². The topological polar surface area (TPSA) is 24.9 Å². The first-order chi connectivity index (χ1) is 8.97. The fourth-order valence-electron chi connectivity index (χ4n) is 1.77. The lowest BCUT2D eigenvalue weighted by Gasteiger charge is -2.18. The van der Waals surface area contributed by atoms with E-state index in [-0.39, 0.29) is 11.9 Å². The zero-order chi connectivity index (χ0) is 14.0. The van der Waals surface area contributed by atoms with Crippen LogP contribution in [0.1, 0.15) is 24.2 Å². The molecular formula is C14H13Br2FN2. The highest BCUT2D eigenvalue weighted by Gasteiger charge is 2.12. The van der Waals surface area contributed by atoms with Crippen LogP contribution in [-0.4, -0.2) is 4.98 Å². The van der Waals surface area contributed by atoms with Crippen LogP contribution in [0.3, 0.4) is 0 Å². The van der Waals surface area contributed by atoms with Gasteiger partial charge in [-0.05, 0) is 75.5 Å². The van der Waals surface area contributed by atoms with Gasteiger partial charge in [-0.25, -0.2) is 4.39 Å². The smallest absolute Gasteiger partial charge is 0.141 e. The SMILES string of the molecule is Cc1cc(Br)c(NC(C)c2ccc(F)cn2)c(Br)c1. The Balaban J connectivity index is 2.24. The Bertz CT molecular complexity index is 561. The molecule has 0 radical (unpaired) electrons. The van der Waals surface area contributed by atoms with Crippen LogP contribution in [0, 0.1) is 12.7 Å². The summed E-state index contributed by atoms with van der Waals surface area (Å²) in [7, 11) is 0. The molecule has 0 spiro atoms. The molecule has 1 aromatic heterocycles. The number of rotatable bonds is 3. The van der Waals surface area contributed by atoms with Gasteiger partial charge in [0.2, 0.25) is 0 Å². The van der Waals surface area contributed by atoms with Crippen LogP contribution in [0.25, 0.3) is 0 Å². The maximum Gasteiger partial charge on any atom is 0.141 e. The number of aryl methyl sites for hydroxylation is 1. The van der Waals surface area contributed by atoms with E-state index in [2.05, 4.69) is 42.2 Å². The van der Waals surface area contributed by atoms with Crippen molar-refractivity contribution >= 4 is 37.5 Å². The molecule has 1 heterocycles. The van der Waals surface area contributed by atoms with Crippen molar-refractivity contribution in [2.75, 3.05) is 5.32 Å². The first-order valence-electron chi connectivity index (χ1n) is 5.81. The third kappa shape index (κ3) is 3.54. The van der Waals surface area contributed by atoms with E-state index in [0.29, 0.717) is 0 Å². The van der Waals surface area contributed by atoms with Crippen LogP contribution in [-0.2, 0) is 0 Å². The molecule has 0 amide bonds. The van der Waals surface area contributed by atoms with Gasteiger partial charge in [-0.2, -0.15) is 0 Å². The van der Waals surface area contributed by atoms with Gasteiger partial charge in [0.1, 0.15) is 5.82 Å². The number of nitrogens with one attached hydrogen (secondary N) is 1. The number of nitrogens with zero attached hydrogens (tertiary/aromatic N) is 1. The predicted octanol–water partition coefficient (Wildman–Crippen LogP) is 5.23. The average molecular weight is 388 g/mol. The summed E-state index contributed by atoms with van der Waals surface area (Å²) in [5.74, 6) is -0.325. The first kappa shape index (κ1) is 14.5. The molecule has 1 N–H and O–H groups in total. The van der Waals surface area contributed by atoms with E-state index in [1.165, 1.54) is 12.3 Å². The fraction of sp³-hybridized carbons (Fsp3) is 0.214. The van der Waals surface area contributed by atoms with Crippen molar-refractivity contribution in [1.29, 1.82) is 0 Å². The minimum Gasteiger partial charge on any atom is -0.375 e. The van der Waals surface area contributed by atoms with E-state index in [0.717, 1.165) is 25.9 Å². The Labute approximate surface area is 128 Å². The second-order valence-corrected chi connectivity index (χ2v) is 6.08. The molecule has 0 bridgehead atoms. The van der Waals surface area contributed by atoms with Gasteiger partial charge in [0.25, 0.3) is 0 Å². The minimum absolute atomic E-state index is 0.0177. The van der Waals surface area contributed by atoms with Crippen molar-refractivity contribution in [2.24, 2.45) is 0 Å². The number of benzene rings is 1. The molecule has 0 saturated heterocycles. The summed E-state index contributed by atoms with van der Waals surface area (Å²) < 4.78 is 14.8. The third-order valence-corrected chi connectivity index (χ3v) is 3.99. The predicted molar refractivity (Wildman–Crippen MR) is 82.8 cm³/mol. The van der Waals surface area contributed by atoms with Crippen LogP contribution >= 0.6 is 31.9 Å². The number of hydrogen-bond acceptors (Lipinski definition) is 2. The Morgan fingerprint density at radius 3 is 2.37 bits per heavy atom. The van der Waals surface area contributed by atoms with Crippen LogP contribution < -0.4 is 5.32 Å². The van der Waals surface area contributed by atoms with Gasteiger partial charge in [-0.15, -0.1) is 0 Å². The van der Waals surface area contributed by atoms with Crippen molar-refractivity contribution in [1.82, 2.24) is 4.98 Å². The molecule has 5 heteroatoms. The normalized spacial score (nSPS) is 12.3. The molecule has 2 aromatic rings. The number of anilines is 1. The molecule has 0 aliphatic carbocycles. The highest BCUT2D eigenvalue weighted by molar-refractivity contribution is 9.11. The van der Waals surface area contributed by atoms with Crippen molar-refractivity contribution < 1.29 is 4.39 Å². The number of aromatic nitrogens is 1. The number of pyridine rings is 1. The summed E-state index contributed by atoms with van der Waals surface area (Å²) in [6.45, 7) is 4.02. The highest BCUT2D eigenvalue weighted by Crippen LogP contribution is 2.34. The van der Waals surface area contributed by atoms with Crippen molar-refractivity contribution in [2.45, 2.75) is 19.9 Å². The van der Waals surface area contributed by atoms with Crippen LogP contribution in [0.2, 0.25) is 0 Å². The lowest BCUT2D eigenvalue weighted by Crippen LogP contribution is -2.09. The summed E-state index contributed by atoms with van der Waals surface area (Å²) in [6.07, 6.45) is 1.23. The fourth-order valence-corrected chi connectivity index (χ4v) is 3.42. The summed E-state index contributed by atoms with van der Waals surface area (Å²) in [5.41, 5.74) is 2.92. The lowest BCUT2D eigenvalue weighted by molar-refractivity contribution is 0.617. The molecule has 1 unspecified atom stereocenters. The highest BCUT2D eigenvalue weighted by atomic mass is 79.9. The van der Waals surface area contributed by atoms with E-state index in [4.69, 9.17) is 0 Å². The van der Waals surface area contributed by atoms with Gasteiger partial charge in [-0.1, -0.05) is 0 Å². The van der Waals surface area contributed by atoms with Crippen molar-refractivity contribution in [3.63, 3.8) is 0 Å². The zero-order valence-electron chi connectivity index (χ0n) is 10.5. The van der Waals surface area contributed by atoms with Crippen LogP contribution in [0.4, 0.5) is 10.1 Å². The molecule has 2 nitrogen and oxygen atoms in total. The van der Waals surface area contributed by atoms with Crippen LogP contribution in [0.15, 0.2) is 39.4 Å². The Morgan fingerprint density at radius 1 is 1.21 bits per heavy atom. The second kappa shape index (κ2) is 6.01. The van der Waals surface area contributed by atoms with E-state index in [9.17, 15) is 4.39 Å². The maximum absolute atomic E-state index is 12.9. The van der Waals surface area contributed by atoms with E-state index in [1.54, 1.807) is 6.07 Å². The summed E-state index contributed by atoms with van der Waals surface area (Å²) in [4.78, 5) is 4.08. The Morgan fingerprint density at radius 2 is 1.84 bits per heavy atom. The molecule has 0 saturated carbocycles. The monoisotopic (exact) mass is 386 g/mol. The van der Waals surface area contributed by atoms with Gasteiger partial charge >= 0.3 is 0 Å².